The molecule has 0 bridgehead atoms. The van der Waals surface area contributed by atoms with Gasteiger partial charge in [0.25, 0.3) is 5.91 Å². The van der Waals surface area contributed by atoms with Gasteiger partial charge < -0.3 is 5.32 Å². The van der Waals surface area contributed by atoms with Crippen LogP contribution in [0.3, 0.4) is 0 Å². The van der Waals surface area contributed by atoms with Gasteiger partial charge in [-0.2, -0.15) is 5.10 Å². The fraction of sp³-hybridized carbons (Fsp3) is 0.182. The molecule has 0 unspecified atom stereocenters. The molecule has 17 heavy (non-hydrogen) atoms. The van der Waals surface area contributed by atoms with Gasteiger partial charge in [0.1, 0.15) is 11.0 Å². The van der Waals surface area contributed by atoms with Crippen LogP contribution in [0, 0.1) is 0 Å². The van der Waals surface area contributed by atoms with E-state index in [9.17, 15) is 4.79 Å². The molecular weight excluding hydrogens is 240 g/mol. The molecule has 0 aromatic carbocycles. The van der Waals surface area contributed by atoms with Crippen molar-refractivity contribution in [3.63, 3.8) is 0 Å². The fourth-order valence-corrected chi connectivity index (χ4v) is 1.50. The summed E-state index contributed by atoms with van der Waals surface area (Å²) in [6, 6.07) is 3.19. The third-order valence-corrected chi connectivity index (χ3v) is 2.55. The van der Waals surface area contributed by atoms with Crippen LogP contribution in [-0.4, -0.2) is 21.1 Å². The molecule has 0 saturated carbocycles. The van der Waals surface area contributed by atoms with Crippen LogP contribution in [-0.2, 0) is 6.42 Å². The van der Waals surface area contributed by atoms with Gasteiger partial charge >= 0.3 is 0 Å². The molecule has 0 aliphatic heterocycles. The maximum Gasteiger partial charge on any atom is 0.258 e. The Morgan fingerprint density at radius 3 is 2.94 bits per heavy atom. The molecule has 2 N–H and O–H groups in total. The summed E-state index contributed by atoms with van der Waals surface area (Å²) in [6.07, 6.45) is 3.92. The second kappa shape index (κ2) is 4.97. The molecule has 0 aliphatic rings. The molecule has 2 aromatic rings. The first-order chi connectivity index (χ1) is 8.20. The summed E-state index contributed by atoms with van der Waals surface area (Å²) >= 11 is 5.65. The average Bonchev–Trinajstić information content (AvgIpc) is 2.77. The van der Waals surface area contributed by atoms with Crippen molar-refractivity contribution < 1.29 is 4.79 Å². The zero-order valence-electron chi connectivity index (χ0n) is 9.20. The van der Waals surface area contributed by atoms with Gasteiger partial charge in [-0.05, 0) is 18.6 Å². The van der Waals surface area contributed by atoms with E-state index in [2.05, 4.69) is 20.5 Å². The normalized spacial score (nSPS) is 10.2. The average molecular weight is 251 g/mol. The standard InChI is InChI=1S/C11H11ClN4O/c1-2-7-6-14-16-10(7)15-11(17)8-3-4-9(12)13-5-8/h3-6H,2H2,1H3,(H2,14,15,16,17). The van der Waals surface area contributed by atoms with Crippen molar-refractivity contribution in [3.05, 3.63) is 40.8 Å². The first-order valence-corrected chi connectivity index (χ1v) is 5.53. The smallest absolute Gasteiger partial charge is 0.258 e. The minimum absolute atomic E-state index is 0.242. The minimum Gasteiger partial charge on any atom is -0.307 e. The Kier molecular flexibility index (Phi) is 3.39. The molecule has 1 amide bonds. The number of pyridine rings is 1. The third kappa shape index (κ3) is 2.62. The van der Waals surface area contributed by atoms with Crippen molar-refractivity contribution in [2.45, 2.75) is 13.3 Å². The number of aromatic nitrogens is 3. The zero-order chi connectivity index (χ0) is 12.3. The van der Waals surface area contributed by atoms with Crippen molar-refractivity contribution in [2.75, 3.05) is 5.32 Å². The van der Waals surface area contributed by atoms with Crippen LogP contribution in [0.5, 0.6) is 0 Å². The number of carbonyl (C=O) groups is 1. The summed E-state index contributed by atoms with van der Waals surface area (Å²) < 4.78 is 0. The van der Waals surface area contributed by atoms with Gasteiger partial charge in [-0.1, -0.05) is 18.5 Å². The fourth-order valence-electron chi connectivity index (χ4n) is 1.38. The summed E-state index contributed by atoms with van der Waals surface area (Å²) in [7, 11) is 0. The van der Waals surface area contributed by atoms with E-state index in [-0.39, 0.29) is 5.91 Å². The Morgan fingerprint density at radius 2 is 2.29 bits per heavy atom. The Hall–Kier alpha value is -1.88. The number of anilines is 1. The number of aryl methyl sites for hydroxylation is 1. The SMILES string of the molecule is CCc1cn[nH]c1NC(=O)c1ccc(Cl)nc1. The van der Waals surface area contributed by atoms with Gasteiger partial charge in [0.15, 0.2) is 0 Å². The van der Waals surface area contributed by atoms with Crippen molar-refractivity contribution >= 4 is 23.3 Å². The highest BCUT2D eigenvalue weighted by Crippen LogP contribution is 2.13. The molecule has 0 spiro atoms. The number of aromatic amines is 1. The predicted molar refractivity (Wildman–Crippen MR) is 65.2 cm³/mol. The number of amides is 1. The van der Waals surface area contributed by atoms with Crippen molar-refractivity contribution in [2.24, 2.45) is 0 Å². The van der Waals surface area contributed by atoms with Crippen molar-refractivity contribution in [3.8, 4) is 0 Å². The summed E-state index contributed by atoms with van der Waals surface area (Å²) in [4.78, 5) is 15.7. The number of H-pyrrole nitrogens is 1. The highest BCUT2D eigenvalue weighted by Gasteiger charge is 2.10. The van der Waals surface area contributed by atoms with Crippen molar-refractivity contribution in [1.29, 1.82) is 0 Å². The van der Waals surface area contributed by atoms with E-state index in [1.54, 1.807) is 18.3 Å². The Labute approximate surface area is 103 Å². The van der Waals surface area contributed by atoms with Crippen LogP contribution in [0.15, 0.2) is 24.5 Å². The molecule has 0 fully saturated rings. The lowest BCUT2D eigenvalue weighted by molar-refractivity contribution is 0.102. The monoisotopic (exact) mass is 250 g/mol. The molecule has 2 rings (SSSR count). The topological polar surface area (TPSA) is 70.7 Å². The van der Waals surface area contributed by atoms with Crippen LogP contribution in [0.1, 0.15) is 22.8 Å². The highest BCUT2D eigenvalue weighted by molar-refractivity contribution is 6.29. The van der Waals surface area contributed by atoms with E-state index in [0.717, 1.165) is 12.0 Å². The summed E-state index contributed by atoms with van der Waals surface area (Å²) in [5.74, 6) is 0.376. The lowest BCUT2D eigenvalue weighted by Gasteiger charge is -2.04. The van der Waals surface area contributed by atoms with Crippen LogP contribution < -0.4 is 5.32 Å². The van der Waals surface area contributed by atoms with E-state index in [4.69, 9.17) is 11.6 Å². The largest absolute Gasteiger partial charge is 0.307 e. The van der Waals surface area contributed by atoms with Gasteiger partial charge in [-0.3, -0.25) is 9.89 Å². The summed E-state index contributed by atoms with van der Waals surface area (Å²) in [6.45, 7) is 1.99. The van der Waals surface area contributed by atoms with Crippen molar-refractivity contribution in [1.82, 2.24) is 15.2 Å². The van der Waals surface area contributed by atoms with E-state index in [1.807, 2.05) is 6.92 Å². The lowest BCUT2D eigenvalue weighted by Crippen LogP contribution is -2.13. The Morgan fingerprint density at radius 1 is 1.47 bits per heavy atom. The van der Waals surface area contributed by atoms with E-state index < -0.39 is 0 Å². The zero-order valence-corrected chi connectivity index (χ0v) is 9.95. The Balaban J connectivity index is 2.14. The van der Waals surface area contributed by atoms with Gasteiger partial charge in [0, 0.05) is 11.8 Å². The second-order valence-electron chi connectivity index (χ2n) is 3.45. The number of rotatable bonds is 3. The molecule has 0 radical (unpaired) electrons. The molecule has 0 aliphatic carbocycles. The van der Waals surface area contributed by atoms with E-state index >= 15 is 0 Å². The van der Waals surface area contributed by atoms with Crippen LogP contribution in [0.2, 0.25) is 5.15 Å². The van der Waals surface area contributed by atoms with Crippen LogP contribution in [0.4, 0.5) is 5.82 Å². The summed E-state index contributed by atoms with van der Waals surface area (Å²) in [5.41, 5.74) is 1.41. The molecule has 0 saturated heterocycles. The number of halogens is 1. The van der Waals surface area contributed by atoms with Gasteiger partial charge in [-0.25, -0.2) is 4.98 Å². The number of hydrogen-bond acceptors (Lipinski definition) is 3. The highest BCUT2D eigenvalue weighted by atomic mass is 35.5. The van der Waals surface area contributed by atoms with Gasteiger partial charge in [-0.15, -0.1) is 0 Å². The maximum absolute atomic E-state index is 11.8. The number of hydrogen-bond donors (Lipinski definition) is 2. The third-order valence-electron chi connectivity index (χ3n) is 2.33. The number of nitrogens with one attached hydrogen (secondary N) is 2. The Bertz CT molecular complexity index is 521. The molecule has 88 valence electrons. The lowest BCUT2D eigenvalue weighted by atomic mass is 10.2. The summed E-state index contributed by atoms with van der Waals surface area (Å²) in [5, 5.41) is 9.71. The quantitative estimate of drug-likeness (QED) is 0.821. The van der Waals surface area contributed by atoms with Gasteiger partial charge in [0.2, 0.25) is 0 Å². The number of nitrogens with zero attached hydrogens (tertiary/aromatic N) is 2. The molecule has 2 aromatic heterocycles. The van der Waals surface area contributed by atoms with E-state index in [1.165, 1.54) is 6.20 Å². The number of carbonyl (C=O) groups excluding carboxylic acids is 1. The minimum atomic E-state index is -0.242. The molecular formula is C11H11ClN4O. The van der Waals surface area contributed by atoms with Gasteiger partial charge in [0.05, 0.1) is 11.8 Å². The first-order valence-electron chi connectivity index (χ1n) is 5.16. The second-order valence-corrected chi connectivity index (χ2v) is 3.83. The molecule has 2 heterocycles. The van der Waals surface area contributed by atoms with E-state index in [0.29, 0.717) is 16.5 Å². The van der Waals surface area contributed by atoms with Crippen LogP contribution in [0.25, 0.3) is 0 Å². The predicted octanol–water partition coefficient (Wildman–Crippen LogP) is 2.27. The maximum atomic E-state index is 11.8. The van der Waals surface area contributed by atoms with Crippen LogP contribution >= 0.6 is 11.6 Å². The first kappa shape index (κ1) is 11.6. The molecule has 6 heteroatoms. The molecule has 5 nitrogen and oxygen atoms in total. The molecule has 0 atom stereocenters.